The zero-order valence-electron chi connectivity index (χ0n) is 16.9. The molecule has 0 atom stereocenters. The molecule has 0 spiro atoms. The van der Waals surface area contributed by atoms with Crippen molar-refractivity contribution in [3.8, 4) is 0 Å². The molecule has 1 heterocycles. The molecule has 1 amide bonds. The van der Waals surface area contributed by atoms with Crippen LogP contribution in [0.5, 0.6) is 0 Å². The Labute approximate surface area is 164 Å². The zero-order valence-corrected chi connectivity index (χ0v) is 16.9. The number of benzene rings is 2. The minimum Gasteiger partial charge on any atom is -0.305 e. The van der Waals surface area contributed by atoms with E-state index in [1.54, 1.807) is 0 Å². The third kappa shape index (κ3) is 5.20. The molecular weight excluding hydrogens is 332 g/mol. The Hall–Kier alpha value is -2.13. The number of nitrogens with zero attached hydrogens (tertiary/aromatic N) is 2. The van der Waals surface area contributed by atoms with Crippen molar-refractivity contribution in [1.82, 2.24) is 4.90 Å². The molecule has 144 valence electrons. The largest absolute Gasteiger partial charge is 0.305 e. The van der Waals surface area contributed by atoms with Gasteiger partial charge in [0.2, 0.25) is 0 Å². The fourth-order valence-electron chi connectivity index (χ4n) is 3.83. The molecule has 3 rings (SSSR count). The molecule has 0 saturated carbocycles. The minimum absolute atomic E-state index is 0.113. The van der Waals surface area contributed by atoms with Crippen LogP contribution in [0.1, 0.15) is 49.0 Å². The fourth-order valence-corrected chi connectivity index (χ4v) is 3.83. The Bertz CT molecular complexity index is 733. The van der Waals surface area contributed by atoms with Gasteiger partial charge in [-0.25, -0.2) is 0 Å². The number of piperidine rings is 1. The van der Waals surface area contributed by atoms with Crippen molar-refractivity contribution in [3.05, 3.63) is 65.7 Å². The Morgan fingerprint density at radius 3 is 2.41 bits per heavy atom. The monoisotopic (exact) mass is 364 g/mol. The predicted molar refractivity (Wildman–Crippen MR) is 113 cm³/mol. The minimum atomic E-state index is 0.113. The molecule has 27 heavy (non-hydrogen) atoms. The van der Waals surface area contributed by atoms with Crippen molar-refractivity contribution < 1.29 is 4.79 Å². The molecule has 0 aromatic heterocycles. The van der Waals surface area contributed by atoms with Crippen molar-refractivity contribution >= 4 is 11.6 Å². The third-order valence-electron chi connectivity index (χ3n) is 5.46. The van der Waals surface area contributed by atoms with Crippen LogP contribution in [0.15, 0.2) is 54.6 Å². The summed E-state index contributed by atoms with van der Waals surface area (Å²) in [5.41, 5.74) is 2.97. The van der Waals surface area contributed by atoms with E-state index in [0.717, 1.165) is 43.1 Å². The van der Waals surface area contributed by atoms with E-state index in [4.69, 9.17) is 0 Å². The zero-order chi connectivity index (χ0) is 19.2. The van der Waals surface area contributed by atoms with Crippen LogP contribution in [-0.2, 0) is 0 Å². The third-order valence-corrected chi connectivity index (χ3v) is 5.46. The standard InChI is InChI=1S/C24H32N2O/c1-19(2)12-15-25-16-13-22(14-17-25)26(23-11-7-8-20(3)18-23)24(27)21-9-5-4-6-10-21/h4-11,18-19,22H,12-17H2,1-3H3. The first-order chi connectivity index (χ1) is 13.0. The molecule has 0 aliphatic carbocycles. The highest BCUT2D eigenvalue weighted by atomic mass is 16.2. The van der Waals surface area contributed by atoms with Gasteiger partial charge in [-0.2, -0.15) is 0 Å². The molecule has 1 aliphatic rings. The Morgan fingerprint density at radius 1 is 1.07 bits per heavy atom. The number of anilines is 1. The number of carbonyl (C=O) groups excluding carboxylic acids is 1. The summed E-state index contributed by atoms with van der Waals surface area (Å²) in [4.78, 5) is 18.0. The van der Waals surface area contributed by atoms with Gasteiger partial charge in [0.1, 0.15) is 0 Å². The number of hydrogen-bond donors (Lipinski definition) is 0. The van der Waals surface area contributed by atoms with E-state index >= 15 is 0 Å². The second kappa shape index (κ2) is 9.18. The first kappa shape index (κ1) is 19.6. The number of aryl methyl sites for hydroxylation is 1. The molecule has 1 aliphatic heterocycles. The van der Waals surface area contributed by atoms with Crippen LogP contribution >= 0.6 is 0 Å². The lowest BCUT2D eigenvalue weighted by Crippen LogP contribution is -2.48. The van der Waals surface area contributed by atoms with Gasteiger partial charge in [-0.3, -0.25) is 4.79 Å². The van der Waals surface area contributed by atoms with Gasteiger partial charge in [0.25, 0.3) is 5.91 Å². The highest BCUT2D eigenvalue weighted by Gasteiger charge is 2.29. The maximum atomic E-state index is 13.4. The number of rotatable bonds is 6. The van der Waals surface area contributed by atoms with E-state index in [1.165, 1.54) is 18.5 Å². The number of hydrogen-bond acceptors (Lipinski definition) is 2. The summed E-state index contributed by atoms with van der Waals surface area (Å²) in [6, 6.07) is 18.3. The van der Waals surface area contributed by atoms with Crippen LogP contribution in [0.4, 0.5) is 5.69 Å². The normalized spacial score (nSPS) is 15.9. The lowest BCUT2D eigenvalue weighted by Gasteiger charge is -2.39. The second-order valence-corrected chi connectivity index (χ2v) is 8.14. The van der Waals surface area contributed by atoms with Crippen molar-refractivity contribution in [3.63, 3.8) is 0 Å². The van der Waals surface area contributed by atoms with Crippen molar-refractivity contribution in [1.29, 1.82) is 0 Å². The van der Waals surface area contributed by atoms with Gasteiger partial charge in [0.05, 0.1) is 0 Å². The molecule has 1 fully saturated rings. The van der Waals surface area contributed by atoms with Crippen LogP contribution < -0.4 is 4.90 Å². The lowest BCUT2D eigenvalue weighted by atomic mass is 9.99. The lowest BCUT2D eigenvalue weighted by molar-refractivity contribution is 0.0959. The van der Waals surface area contributed by atoms with Gasteiger partial charge in [-0.15, -0.1) is 0 Å². The maximum absolute atomic E-state index is 13.4. The Kier molecular flexibility index (Phi) is 6.68. The quantitative estimate of drug-likeness (QED) is 0.707. The van der Waals surface area contributed by atoms with E-state index in [0.29, 0.717) is 0 Å². The maximum Gasteiger partial charge on any atom is 0.258 e. The molecule has 2 aromatic carbocycles. The molecule has 1 saturated heterocycles. The van der Waals surface area contributed by atoms with Crippen LogP contribution in [0.2, 0.25) is 0 Å². The van der Waals surface area contributed by atoms with Crippen molar-refractivity contribution in [2.45, 2.75) is 46.1 Å². The first-order valence-corrected chi connectivity index (χ1v) is 10.2. The Balaban J connectivity index is 1.78. The van der Waals surface area contributed by atoms with Crippen molar-refractivity contribution in [2.75, 3.05) is 24.5 Å². The number of carbonyl (C=O) groups is 1. The van der Waals surface area contributed by atoms with Crippen LogP contribution in [-0.4, -0.2) is 36.5 Å². The topological polar surface area (TPSA) is 23.6 Å². The summed E-state index contributed by atoms with van der Waals surface area (Å²) >= 11 is 0. The Morgan fingerprint density at radius 2 is 1.78 bits per heavy atom. The average molecular weight is 365 g/mol. The molecule has 0 bridgehead atoms. The summed E-state index contributed by atoms with van der Waals surface area (Å²) in [6.45, 7) is 9.96. The molecule has 3 heteroatoms. The van der Waals surface area contributed by atoms with Gasteiger partial charge in [-0.05, 0) is 68.5 Å². The van der Waals surface area contributed by atoms with Crippen molar-refractivity contribution in [2.24, 2.45) is 5.92 Å². The molecule has 0 N–H and O–H groups in total. The highest BCUT2D eigenvalue weighted by molar-refractivity contribution is 6.06. The van der Waals surface area contributed by atoms with Gasteiger partial charge >= 0.3 is 0 Å². The van der Waals surface area contributed by atoms with Gasteiger partial charge in [0, 0.05) is 30.4 Å². The molecular formula is C24H32N2O. The second-order valence-electron chi connectivity index (χ2n) is 8.14. The van der Waals surface area contributed by atoms with Crippen LogP contribution in [0.25, 0.3) is 0 Å². The van der Waals surface area contributed by atoms with Gasteiger partial charge in [-0.1, -0.05) is 44.2 Å². The SMILES string of the molecule is Cc1cccc(N(C(=O)c2ccccc2)C2CCN(CCC(C)C)CC2)c1. The molecule has 2 aromatic rings. The van der Waals surface area contributed by atoms with Crippen LogP contribution in [0, 0.1) is 12.8 Å². The molecule has 3 nitrogen and oxygen atoms in total. The number of likely N-dealkylation sites (tertiary alicyclic amines) is 1. The van der Waals surface area contributed by atoms with E-state index in [-0.39, 0.29) is 11.9 Å². The number of amides is 1. The summed E-state index contributed by atoms with van der Waals surface area (Å²) in [5, 5.41) is 0. The van der Waals surface area contributed by atoms with E-state index < -0.39 is 0 Å². The van der Waals surface area contributed by atoms with E-state index in [9.17, 15) is 4.79 Å². The summed E-state index contributed by atoms with van der Waals surface area (Å²) in [5.74, 6) is 0.855. The van der Waals surface area contributed by atoms with Gasteiger partial charge in [0.15, 0.2) is 0 Å². The van der Waals surface area contributed by atoms with E-state index in [1.807, 2.05) is 41.3 Å². The fraction of sp³-hybridized carbons (Fsp3) is 0.458. The van der Waals surface area contributed by atoms with Crippen LogP contribution in [0.3, 0.4) is 0 Å². The smallest absolute Gasteiger partial charge is 0.258 e. The van der Waals surface area contributed by atoms with E-state index in [2.05, 4.69) is 43.9 Å². The summed E-state index contributed by atoms with van der Waals surface area (Å²) in [7, 11) is 0. The van der Waals surface area contributed by atoms with Gasteiger partial charge < -0.3 is 9.80 Å². The average Bonchev–Trinajstić information content (AvgIpc) is 2.68. The molecule has 0 unspecified atom stereocenters. The first-order valence-electron chi connectivity index (χ1n) is 10.2. The predicted octanol–water partition coefficient (Wildman–Crippen LogP) is 5.15. The summed E-state index contributed by atoms with van der Waals surface area (Å²) < 4.78 is 0. The summed E-state index contributed by atoms with van der Waals surface area (Å²) in [6.07, 6.45) is 3.31. The highest BCUT2D eigenvalue weighted by Crippen LogP contribution is 2.27. The molecule has 0 radical (unpaired) electrons.